The van der Waals surface area contributed by atoms with Crippen molar-refractivity contribution >= 4 is 35.6 Å². The predicted octanol–water partition coefficient (Wildman–Crippen LogP) is -3.79. The van der Waals surface area contributed by atoms with E-state index in [4.69, 9.17) is 22.9 Å². The fourth-order valence-corrected chi connectivity index (χ4v) is 2.85. The van der Waals surface area contributed by atoms with Gasteiger partial charge in [-0.1, -0.05) is 13.8 Å². The first-order valence-electron chi connectivity index (χ1n) is 11.1. The molecule has 35 heavy (non-hydrogen) atoms. The highest BCUT2D eigenvalue weighted by Crippen LogP contribution is 2.07. The Kier molecular flexibility index (Phi) is 13.9. The topological polar surface area (TPSA) is 278 Å². The van der Waals surface area contributed by atoms with Crippen LogP contribution in [0.25, 0.3) is 0 Å². The minimum absolute atomic E-state index is 0.0302. The number of amides is 4. The number of hydrogen-bond acceptors (Lipinski definition) is 8. The first-order chi connectivity index (χ1) is 16.2. The highest BCUT2D eigenvalue weighted by atomic mass is 16.4. The molecule has 5 atom stereocenters. The van der Waals surface area contributed by atoms with E-state index in [-0.39, 0.29) is 38.2 Å². The van der Waals surface area contributed by atoms with Crippen LogP contribution in [0.4, 0.5) is 0 Å². The van der Waals surface area contributed by atoms with Gasteiger partial charge in [0, 0.05) is 13.0 Å². The van der Waals surface area contributed by atoms with Crippen molar-refractivity contribution < 1.29 is 34.2 Å². The number of guanidine groups is 1. The molecule has 15 heteroatoms. The van der Waals surface area contributed by atoms with Crippen LogP contribution < -0.4 is 38.9 Å². The number of rotatable bonds is 16. The van der Waals surface area contributed by atoms with E-state index in [1.165, 1.54) is 6.92 Å². The summed E-state index contributed by atoms with van der Waals surface area (Å²) in [4.78, 5) is 64.6. The zero-order chi connectivity index (χ0) is 27.3. The average Bonchev–Trinajstić information content (AvgIpc) is 2.74. The van der Waals surface area contributed by atoms with E-state index in [2.05, 4.69) is 20.9 Å². The van der Waals surface area contributed by atoms with Gasteiger partial charge in [-0.3, -0.25) is 24.2 Å². The third kappa shape index (κ3) is 12.5. The summed E-state index contributed by atoms with van der Waals surface area (Å²) in [7, 11) is 0. The highest BCUT2D eigenvalue weighted by molar-refractivity contribution is 5.94. The van der Waals surface area contributed by atoms with Gasteiger partial charge < -0.3 is 49.1 Å². The third-order valence-corrected chi connectivity index (χ3v) is 4.94. The SMILES string of the molecule is CC(C)C(NC(=O)C(CCCN=C(N)N)NC(=O)C(CCC(N)=O)NC(=O)C(N)C(C)O)C(=O)O. The summed E-state index contributed by atoms with van der Waals surface area (Å²) >= 11 is 0. The third-order valence-electron chi connectivity index (χ3n) is 4.94. The van der Waals surface area contributed by atoms with Gasteiger partial charge in [0.25, 0.3) is 0 Å². The van der Waals surface area contributed by atoms with Crippen LogP contribution in [0.15, 0.2) is 4.99 Å². The molecule has 200 valence electrons. The number of nitrogens with two attached hydrogens (primary N) is 4. The maximum atomic E-state index is 12.9. The van der Waals surface area contributed by atoms with E-state index in [1.54, 1.807) is 13.8 Å². The van der Waals surface area contributed by atoms with Gasteiger partial charge >= 0.3 is 5.97 Å². The number of carboxylic acid groups (broad SMARTS) is 1. The van der Waals surface area contributed by atoms with Gasteiger partial charge in [0.2, 0.25) is 23.6 Å². The quantitative estimate of drug-likeness (QED) is 0.0563. The molecule has 5 unspecified atom stereocenters. The Morgan fingerprint density at radius 3 is 1.83 bits per heavy atom. The molecule has 0 aromatic heterocycles. The fourth-order valence-electron chi connectivity index (χ4n) is 2.85. The second-order valence-corrected chi connectivity index (χ2v) is 8.41. The van der Waals surface area contributed by atoms with E-state index < -0.39 is 65.8 Å². The molecular weight excluding hydrogens is 464 g/mol. The number of carbonyl (C=O) groups is 5. The maximum Gasteiger partial charge on any atom is 0.326 e. The predicted molar refractivity (Wildman–Crippen MR) is 126 cm³/mol. The number of primary amides is 1. The minimum Gasteiger partial charge on any atom is -0.480 e. The largest absolute Gasteiger partial charge is 0.480 e. The van der Waals surface area contributed by atoms with Crippen LogP contribution in [0, 0.1) is 5.92 Å². The Morgan fingerprint density at radius 2 is 1.37 bits per heavy atom. The Bertz CT molecular complexity index is 783. The van der Waals surface area contributed by atoms with Gasteiger partial charge in [-0.25, -0.2) is 4.79 Å². The van der Waals surface area contributed by atoms with E-state index in [9.17, 15) is 34.2 Å². The van der Waals surface area contributed by atoms with Crippen molar-refractivity contribution in [1.29, 1.82) is 0 Å². The molecule has 0 fully saturated rings. The number of nitrogens with one attached hydrogen (secondary N) is 3. The Morgan fingerprint density at radius 1 is 0.857 bits per heavy atom. The summed E-state index contributed by atoms with van der Waals surface area (Å²) in [6, 6.07) is -5.09. The Balaban J connectivity index is 5.68. The van der Waals surface area contributed by atoms with Crippen molar-refractivity contribution in [2.45, 2.75) is 76.7 Å². The monoisotopic (exact) mass is 502 g/mol. The van der Waals surface area contributed by atoms with Gasteiger partial charge in [-0.2, -0.15) is 0 Å². The number of hydrogen-bond donors (Lipinski definition) is 9. The summed E-state index contributed by atoms with van der Waals surface area (Å²) in [6.07, 6.45) is -1.40. The molecule has 0 radical (unpaired) electrons. The molecule has 0 heterocycles. The number of aliphatic hydroxyl groups excluding tert-OH is 1. The standard InChI is InChI=1S/C20H38N8O7/c1-9(2)15(19(34)35)28-17(32)11(5-4-8-25-20(23)24)26-16(31)12(6-7-13(21)30)27-18(33)14(22)10(3)29/h9-12,14-15,29H,4-8,22H2,1-3H3,(H2,21,30)(H,26,31)(H,27,33)(H,28,32)(H,34,35)(H4,23,24,25). The number of aliphatic carboxylic acids is 1. The number of aliphatic hydroxyl groups is 1. The molecule has 0 saturated heterocycles. The smallest absolute Gasteiger partial charge is 0.326 e. The molecule has 0 aliphatic rings. The van der Waals surface area contributed by atoms with Crippen molar-refractivity contribution in [1.82, 2.24) is 16.0 Å². The summed E-state index contributed by atoms with van der Waals surface area (Å²) in [5.74, 6) is -5.06. The van der Waals surface area contributed by atoms with E-state index >= 15 is 0 Å². The van der Waals surface area contributed by atoms with Crippen LogP contribution in [-0.2, 0) is 24.0 Å². The first kappa shape index (κ1) is 31.5. The summed E-state index contributed by atoms with van der Waals surface area (Å²) in [6.45, 7) is 4.63. The van der Waals surface area contributed by atoms with Crippen molar-refractivity contribution in [3.05, 3.63) is 0 Å². The lowest BCUT2D eigenvalue weighted by Gasteiger charge is -2.26. The second kappa shape index (κ2) is 15.4. The lowest BCUT2D eigenvalue weighted by atomic mass is 10.0. The molecular formula is C20H38N8O7. The molecule has 0 aromatic carbocycles. The number of carbonyl (C=O) groups excluding carboxylic acids is 4. The van der Waals surface area contributed by atoms with Crippen LogP contribution in [0.3, 0.4) is 0 Å². The van der Waals surface area contributed by atoms with Gasteiger partial charge in [0.1, 0.15) is 24.2 Å². The Hall–Kier alpha value is -3.46. The van der Waals surface area contributed by atoms with Crippen molar-refractivity contribution in [2.24, 2.45) is 33.8 Å². The summed E-state index contributed by atoms with van der Waals surface area (Å²) < 4.78 is 0. The molecule has 0 aliphatic heterocycles. The van der Waals surface area contributed by atoms with Crippen molar-refractivity contribution in [3.8, 4) is 0 Å². The number of carboxylic acids is 1. The van der Waals surface area contributed by atoms with E-state index in [0.29, 0.717) is 0 Å². The van der Waals surface area contributed by atoms with Crippen LogP contribution in [0.1, 0.15) is 46.5 Å². The number of nitrogens with zero attached hydrogens (tertiary/aromatic N) is 1. The summed E-state index contributed by atoms with van der Waals surface area (Å²) in [5.41, 5.74) is 21.3. The second-order valence-electron chi connectivity index (χ2n) is 8.41. The van der Waals surface area contributed by atoms with Gasteiger partial charge in [-0.15, -0.1) is 0 Å². The zero-order valence-electron chi connectivity index (χ0n) is 20.2. The highest BCUT2D eigenvalue weighted by Gasteiger charge is 2.31. The minimum atomic E-state index is -1.35. The first-order valence-corrected chi connectivity index (χ1v) is 11.1. The van der Waals surface area contributed by atoms with Crippen molar-refractivity contribution in [2.75, 3.05) is 6.54 Å². The van der Waals surface area contributed by atoms with Crippen molar-refractivity contribution in [3.63, 3.8) is 0 Å². The van der Waals surface area contributed by atoms with Gasteiger partial charge in [0.05, 0.1) is 6.10 Å². The van der Waals surface area contributed by atoms with E-state index in [0.717, 1.165) is 0 Å². The molecule has 0 rings (SSSR count). The lowest BCUT2D eigenvalue weighted by molar-refractivity contribution is -0.143. The maximum absolute atomic E-state index is 12.9. The van der Waals surface area contributed by atoms with Crippen LogP contribution >= 0.6 is 0 Å². The van der Waals surface area contributed by atoms with Crippen LogP contribution in [-0.4, -0.2) is 82.6 Å². The molecule has 0 spiro atoms. The Labute approximate surface area is 203 Å². The van der Waals surface area contributed by atoms with E-state index in [1.807, 2.05) is 0 Å². The van der Waals surface area contributed by atoms with Crippen LogP contribution in [0.2, 0.25) is 0 Å². The average molecular weight is 503 g/mol. The lowest BCUT2D eigenvalue weighted by Crippen LogP contribution is -2.58. The fraction of sp³-hybridized carbons (Fsp3) is 0.700. The molecule has 0 aliphatic carbocycles. The molecule has 0 saturated carbocycles. The van der Waals surface area contributed by atoms with Crippen LogP contribution in [0.5, 0.6) is 0 Å². The molecule has 0 bridgehead atoms. The molecule has 13 N–H and O–H groups in total. The molecule has 4 amide bonds. The zero-order valence-corrected chi connectivity index (χ0v) is 20.2. The molecule has 15 nitrogen and oxygen atoms in total. The van der Waals surface area contributed by atoms with Gasteiger partial charge in [0.15, 0.2) is 5.96 Å². The number of aliphatic imine (C=N–C) groups is 1. The molecule has 0 aromatic rings. The normalized spacial score (nSPS) is 15.1. The summed E-state index contributed by atoms with van der Waals surface area (Å²) in [5, 5.41) is 26.1. The van der Waals surface area contributed by atoms with Gasteiger partial charge in [-0.05, 0) is 32.1 Å².